The number of amides is 2. The standard InChI is InChI=1S/C20H19ClN2O6S/c1-20(2)19(26)22-15-6-4-5-7-16(15)23(20)17(24)11-29-18(25)13-10-12(30(3,27)28)8-9-14(13)21/h4-10H,11H2,1-3H3,(H,22,26). The number of fused-ring (bicyclic) bond motifs is 1. The van der Waals surface area contributed by atoms with Crippen molar-refractivity contribution >= 4 is 50.6 Å². The molecule has 3 rings (SSSR count). The highest BCUT2D eigenvalue weighted by Crippen LogP contribution is 2.36. The number of nitrogens with one attached hydrogen (secondary N) is 1. The number of rotatable bonds is 4. The van der Waals surface area contributed by atoms with E-state index in [2.05, 4.69) is 5.32 Å². The maximum atomic E-state index is 12.9. The molecule has 0 saturated heterocycles. The van der Waals surface area contributed by atoms with E-state index in [1.165, 1.54) is 17.0 Å². The molecule has 1 N–H and O–H groups in total. The second kappa shape index (κ2) is 7.73. The topological polar surface area (TPSA) is 110 Å². The molecule has 158 valence electrons. The summed E-state index contributed by atoms with van der Waals surface area (Å²) < 4.78 is 28.5. The van der Waals surface area contributed by atoms with Gasteiger partial charge in [-0.25, -0.2) is 13.2 Å². The number of anilines is 2. The lowest BCUT2D eigenvalue weighted by molar-refractivity contribution is -0.128. The van der Waals surface area contributed by atoms with E-state index in [1.54, 1.807) is 38.1 Å². The zero-order chi connectivity index (χ0) is 22.3. The number of hydrogen-bond acceptors (Lipinski definition) is 6. The lowest BCUT2D eigenvalue weighted by atomic mass is 9.96. The number of nitrogens with zero attached hydrogens (tertiary/aromatic N) is 1. The second-order valence-electron chi connectivity index (χ2n) is 7.25. The number of benzene rings is 2. The van der Waals surface area contributed by atoms with Gasteiger partial charge < -0.3 is 10.1 Å². The molecule has 0 unspecified atom stereocenters. The van der Waals surface area contributed by atoms with E-state index in [0.29, 0.717) is 11.4 Å². The van der Waals surface area contributed by atoms with Crippen LogP contribution in [0.5, 0.6) is 0 Å². The molecule has 0 spiro atoms. The van der Waals surface area contributed by atoms with Crippen LogP contribution >= 0.6 is 11.6 Å². The van der Waals surface area contributed by atoms with Crippen LogP contribution in [-0.2, 0) is 24.2 Å². The predicted octanol–water partition coefficient (Wildman–Crippen LogP) is 2.66. The van der Waals surface area contributed by atoms with Crippen LogP contribution in [0.3, 0.4) is 0 Å². The van der Waals surface area contributed by atoms with Crippen LogP contribution < -0.4 is 10.2 Å². The number of carbonyl (C=O) groups excluding carboxylic acids is 3. The van der Waals surface area contributed by atoms with Crippen molar-refractivity contribution in [3.63, 3.8) is 0 Å². The Balaban J connectivity index is 1.84. The zero-order valence-corrected chi connectivity index (χ0v) is 18.0. The average molecular weight is 451 g/mol. The van der Waals surface area contributed by atoms with Crippen molar-refractivity contribution in [3.05, 3.63) is 53.1 Å². The fourth-order valence-corrected chi connectivity index (χ4v) is 3.90. The van der Waals surface area contributed by atoms with Gasteiger partial charge in [0, 0.05) is 6.26 Å². The van der Waals surface area contributed by atoms with Gasteiger partial charge in [0.2, 0.25) is 5.91 Å². The van der Waals surface area contributed by atoms with Gasteiger partial charge in [-0.2, -0.15) is 0 Å². The molecule has 2 amide bonds. The molecule has 0 radical (unpaired) electrons. The Morgan fingerprint density at radius 1 is 1.17 bits per heavy atom. The van der Waals surface area contributed by atoms with E-state index in [9.17, 15) is 22.8 Å². The Morgan fingerprint density at radius 2 is 1.83 bits per heavy atom. The monoisotopic (exact) mass is 450 g/mol. The van der Waals surface area contributed by atoms with Crippen LogP contribution in [0.15, 0.2) is 47.4 Å². The number of esters is 1. The molecule has 0 aromatic heterocycles. The predicted molar refractivity (Wildman–Crippen MR) is 111 cm³/mol. The van der Waals surface area contributed by atoms with Crippen LogP contribution in [0.2, 0.25) is 5.02 Å². The van der Waals surface area contributed by atoms with Crippen LogP contribution in [0, 0.1) is 0 Å². The third-order valence-corrected chi connectivity index (χ3v) is 6.11. The van der Waals surface area contributed by atoms with Crippen molar-refractivity contribution in [1.82, 2.24) is 0 Å². The highest BCUT2D eigenvalue weighted by atomic mass is 35.5. The van der Waals surface area contributed by atoms with Crippen molar-refractivity contribution in [2.45, 2.75) is 24.3 Å². The highest BCUT2D eigenvalue weighted by Gasteiger charge is 2.43. The van der Waals surface area contributed by atoms with Gasteiger partial charge in [0.1, 0.15) is 5.54 Å². The number of hydrogen-bond donors (Lipinski definition) is 1. The maximum absolute atomic E-state index is 12.9. The van der Waals surface area contributed by atoms with Gasteiger partial charge >= 0.3 is 5.97 Å². The summed E-state index contributed by atoms with van der Waals surface area (Å²) in [5.41, 5.74) is -0.458. The Morgan fingerprint density at radius 3 is 2.50 bits per heavy atom. The molecule has 30 heavy (non-hydrogen) atoms. The molecule has 8 nitrogen and oxygen atoms in total. The summed E-state index contributed by atoms with van der Waals surface area (Å²) in [6.45, 7) is 2.48. The van der Waals surface area contributed by atoms with Gasteiger partial charge in [0.05, 0.1) is 26.9 Å². The number of halogens is 1. The number of para-hydroxylation sites is 2. The first-order valence-electron chi connectivity index (χ1n) is 8.83. The molecular weight excluding hydrogens is 432 g/mol. The summed E-state index contributed by atoms with van der Waals surface area (Å²) in [5.74, 6) is -1.96. The van der Waals surface area contributed by atoms with Crippen LogP contribution in [-0.4, -0.2) is 44.6 Å². The van der Waals surface area contributed by atoms with Gasteiger partial charge in [-0.3, -0.25) is 14.5 Å². The third-order valence-electron chi connectivity index (χ3n) is 4.67. The smallest absolute Gasteiger partial charge is 0.340 e. The van der Waals surface area contributed by atoms with Gasteiger partial charge in [-0.15, -0.1) is 0 Å². The average Bonchev–Trinajstić information content (AvgIpc) is 2.66. The van der Waals surface area contributed by atoms with E-state index in [4.69, 9.17) is 16.3 Å². The maximum Gasteiger partial charge on any atom is 0.340 e. The van der Waals surface area contributed by atoms with Gasteiger partial charge in [0.15, 0.2) is 16.4 Å². The van der Waals surface area contributed by atoms with E-state index in [0.717, 1.165) is 12.3 Å². The molecule has 1 aliphatic rings. The summed E-state index contributed by atoms with van der Waals surface area (Å²) >= 11 is 5.99. The lowest BCUT2D eigenvalue weighted by Gasteiger charge is -2.41. The van der Waals surface area contributed by atoms with Crippen molar-refractivity contribution in [2.24, 2.45) is 0 Å². The second-order valence-corrected chi connectivity index (χ2v) is 9.67. The van der Waals surface area contributed by atoms with Crippen molar-refractivity contribution in [1.29, 1.82) is 0 Å². The van der Waals surface area contributed by atoms with Gasteiger partial charge in [-0.1, -0.05) is 23.7 Å². The first kappa shape index (κ1) is 21.8. The Bertz CT molecular complexity index is 1160. The molecule has 0 aliphatic carbocycles. The Labute approximate surface area is 178 Å². The highest BCUT2D eigenvalue weighted by molar-refractivity contribution is 7.90. The van der Waals surface area contributed by atoms with Crippen molar-refractivity contribution in [3.8, 4) is 0 Å². The molecule has 0 saturated carbocycles. The molecule has 2 aromatic carbocycles. The van der Waals surface area contributed by atoms with E-state index >= 15 is 0 Å². The number of ether oxygens (including phenoxy) is 1. The van der Waals surface area contributed by atoms with Crippen LogP contribution in [0.1, 0.15) is 24.2 Å². The first-order valence-corrected chi connectivity index (χ1v) is 11.1. The van der Waals surface area contributed by atoms with Crippen molar-refractivity contribution < 1.29 is 27.5 Å². The molecule has 0 atom stereocenters. The molecule has 2 aromatic rings. The summed E-state index contributed by atoms with van der Waals surface area (Å²) in [6, 6.07) is 10.4. The van der Waals surface area contributed by atoms with E-state index in [-0.39, 0.29) is 21.4 Å². The van der Waals surface area contributed by atoms with Crippen LogP contribution in [0.4, 0.5) is 11.4 Å². The zero-order valence-electron chi connectivity index (χ0n) is 16.4. The lowest BCUT2D eigenvalue weighted by Crippen LogP contribution is -2.59. The molecule has 1 heterocycles. The minimum absolute atomic E-state index is 0.0112. The number of sulfone groups is 1. The first-order chi connectivity index (χ1) is 13.9. The fourth-order valence-electron chi connectivity index (χ4n) is 3.06. The molecule has 1 aliphatic heterocycles. The van der Waals surface area contributed by atoms with E-state index in [1.807, 2.05) is 0 Å². The van der Waals surface area contributed by atoms with Gasteiger partial charge in [0.25, 0.3) is 5.91 Å². The van der Waals surface area contributed by atoms with Gasteiger partial charge in [-0.05, 0) is 44.2 Å². The summed E-state index contributed by atoms with van der Waals surface area (Å²) in [7, 11) is -3.57. The summed E-state index contributed by atoms with van der Waals surface area (Å²) in [5, 5.41) is 2.73. The fraction of sp³-hybridized carbons (Fsp3) is 0.250. The van der Waals surface area contributed by atoms with Crippen LogP contribution in [0.25, 0.3) is 0 Å². The largest absolute Gasteiger partial charge is 0.452 e. The molecular formula is C20H19ClN2O6S. The summed E-state index contributed by atoms with van der Waals surface area (Å²) in [6.07, 6.45) is 0.996. The SMILES string of the molecule is CC1(C)C(=O)Nc2ccccc2N1C(=O)COC(=O)c1cc(S(C)(=O)=O)ccc1Cl. The Kier molecular flexibility index (Phi) is 5.62. The quantitative estimate of drug-likeness (QED) is 0.717. The third kappa shape index (κ3) is 4.03. The number of carbonyl (C=O) groups is 3. The molecule has 0 bridgehead atoms. The minimum atomic E-state index is -3.57. The Hall–Kier alpha value is -2.91. The molecule has 10 heteroatoms. The normalized spacial score (nSPS) is 15.2. The minimum Gasteiger partial charge on any atom is -0.452 e. The van der Waals surface area contributed by atoms with Crippen molar-refractivity contribution in [2.75, 3.05) is 23.1 Å². The van der Waals surface area contributed by atoms with E-state index < -0.39 is 33.9 Å². The molecule has 0 fully saturated rings. The summed E-state index contributed by atoms with van der Waals surface area (Å²) in [4.78, 5) is 39.0.